The Kier molecular flexibility index (Phi) is 6.32. The highest BCUT2D eigenvalue weighted by Gasteiger charge is 2.59. The van der Waals surface area contributed by atoms with Crippen molar-refractivity contribution in [1.82, 2.24) is 0 Å². The summed E-state index contributed by atoms with van der Waals surface area (Å²) < 4.78 is 5.60. The number of hydrogen-bond donors (Lipinski definition) is 0. The molecule has 4 rings (SSSR count). The highest BCUT2D eigenvalue weighted by Crippen LogP contribution is 2.67. The van der Waals surface area contributed by atoms with Gasteiger partial charge in [-0.1, -0.05) is 56.2 Å². The Morgan fingerprint density at radius 1 is 1.10 bits per heavy atom. The highest BCUT2D eigenvalue weighted by molar-refractivity contribution is 5.66. The first kappa shape index (κ1) is 22.9. The van der Waals surface area contributed by atoms with Crippen LogP contribution in [0.3, 0.4) is 0 Å². The van der Waals surface area contributed by atoms with E-state index >= 15 is 0 Å². The molecule has 4 aliphatic rings. The molecule has 3 fully saturated rings. The topological polar surface area (TPSA) is 26.3 Å². The van der Waals surface area contributed by atoms with Crippen LogP contribution in [0.15, 0.2) is 35.5 Å². The summed E-state index contributed by atoms with van der Waals surface area (Å²) in [5.41, 5.74) is 3.80. The monoisotopic (exact) mass is 424 g/mol. The first-order chi connectivity index (χ1) is 14.6. The Morgan fingerprint density at radius 3 is 2.58 bits per heavy atom. The number of ether oxygens (including phenoxy) is 1. The number of esters is 1. The van der Waals surface area contributed by atoms with Crippen LogP contribution >= 0.6 is 0 Å². The standard InChI is InChI=1S/C29H44O2/c1-19(2)8-7-9-20(3)25-12-13-26-24-11-10-22-18-23(31-21(4)30)14-16-28(22,5)27(24)15-17-29(25,26)6/h7-10,20,23-27H,11-18H2,1-6H3/b9-7+/t20-,23+,24?,25-,26+,27+,28+,29-/m1/s1. The fraction of sp³-hybridized carbons (Fsp3) is 0.759. The van der Waals surface area contributed by atoms with Crippen LogP contribution < -0.4 is 0 Å². The van der Waals surface area contributed by atoms with Crippen molar-refractivity contribution in [3.63, 3.8) is 0 Å². The van der Waals surface area contributed by atoms with E-state index in [0.717, 1.165) is 36.5 Å². The molecule has 0 N–H and O–H groups in total. The van der Waals surface area contributed by atoms with Gasteiger partial charge in [0.2, 0.25) is 0 Å². The maximum absolute atomic E-state index is 11.5. The summed E-state index contributed by atoms with van der Waals surface area (Å²) in [6, 6.07) is 0. The van der Waals surface area contributed by atoms with Crippen molar-refractivity contribution in [2.45, 2.75) is 99.0 Å². The van der Waals surface area contributed by atoms with Gasteiger partial charge in [0.25, 0.3) is 0 Å². The summed E-state index contributed by atoms with van der Waals surface area (Å²) in [7, 11) is 0. The fourth-order valence-corrected chi connectivity index (χ4v) is 8.42. The molecule has 4 aliphatic carbocycles. The average molecular weight is 425 g/mol. The van der Waals surface area contributed by atoms with Crippen molar-refractivity contribution in [2.75, 3.05) is 0 Å². The lowest BCUT2D eigenvalue weighted by molar-refractivity contribution is -0.148. The molecule has 0 spiro atoms. The van der Waals surface area contributed by atoms with Crippen LogP contribution in [0.1, 0.15) is 92.9 Å². The fourth-order valence-electron chi connectivity index (χ4n) is 8.42. The molecule has 0 bridgehead atoms. The summed E-state index contributed by atoms with van der Waals surface area (Å²) in [4.78, 5) is 11.5. The van der Waals surface area contributed by atoms with Crippen LogP contribution in [0, 0.1) is 40.4 Å². The highest BCUT2D eigenvalue weighted by atomic mass is 16.5. The van der Waals surface area contributed by atoms with E-state index in [4.69, 9.17) is 4.74 Å². The number of carbonyl (C=O) groups excluding carboxylic acids is 1. The molecule has 1 unspecified atom stereocenters. The number of hydrogen-bond acceptors (Lipinski definition) is 2. The van der Waals surface area contributed by atoms with Gasteiger partial charge in [0.05, 0.1) is 0 Å². The minimum Gasteiger partial charge on any atom is -0.462 e. The smallest absolute Gasteiger partial charge is 0.302 e. The molecule has 8 atom stereocenters. The predicted molar refractivity (Wildman–Crippen MR) is 128 cm³/mol. The zero-order valence-electron chi connectivity index (χ0n) is 20.7. The van der Waals surface area contributed by atoms with E-state index in [9.17, 15) is 4.79 Å². The van der Waals surface area contributed by atoms with Crippen LogP contribution in [0.2, 0.25) is 0 Å². The van der Waals surface area contributed by atoms with E-state index in [-0.39, 0.29) is 12.1 Å². The number of allylic oxidation sites excluding steroid dienone is 5. The van der Waals surface area contributed by atoms with Gasteiger partial charge < -0.3 is 4.74 Å². The van der Waals surface area contributed by atoms with Crippen LogP contribution in [-0.2, 0) is 9.53 Å². The van der Waals surface area contributed by atoms with E-state index in [1.54, 1.807) is 12.5 Å². The van der Waals surface area contributed by atoms with Gasteiger partial charge in [0.1, 0.15) is 6.10 Å². The minimum atomic E-state index is -0.124. The van der Waals surface area contributed by atoms with Crippen molar-refractivity contribution in [3.05, 3.63) is 35.5 Å². The van der Waals surface area contributed by atoms with E-state index in [1.807, 2.05) is 0 Å². The summed E-state index contributed by atoms with van der Waals surface area (Å²) in [5.74, 6) is 3.89. The molecule has 0 radical (unpaired) electrons. The Morgan fingerprint density at radius 2 is 1.87 bits per heavy atom. The molecule has 0 saturated heterocycles. The quantitative estimate of drug-likeness (QED) is 0.263. The van der Waals surface area contributed by atoms with Gasteiger partial charge >= 0.3 is 5.97 Å². The second kappa shape index (κ2) is 8.56. The summed E-state index contributed by atoms with van der Waals surface area (Å²) in [6.07, 6.45) is 19.7. The van der Waals surface area contributed by atoms with Crippen LogP contribution in [0.25, 0.3) is 0 Å². The molecule has 0 aromatic heterocycles. The lowest BCUT2D eigenvalue weighted by Gasteiger charge is -2.58. The SMILES string of the molecule is CC(=O)O[C@H]1CC[C@@]2(C)C(=CCC3[C@@H]4CC[C@H]([C@H](C)/C=C/C=C(C)C)[C@@]4(C)CC[C@@H]32)C1. The largest absolute Gasteiger partial charge is 0.462 e. The van der Waals surface area contributed by atoms with Crippen molar-refractivity contribution < 1.29 is 9.53 Å². The van der Waals surface area contributed by atoms with Gasteiger partial charge in [-0.2, -0.15) is 0 Å². The van der Waals surface area contributed by atoms with Crippen molar-refractivity contribution in [3.8, 4) is 0 Å². The van der Waals surface area contributed by atoms with E-state index < -0.39 is 0 Å². The molecule has 2 nitrogen and oxygen atoms in total. The average Bonchev–Trinajstić information content (AvgIpc) is 3.05. The van der Waals surface area contributed by atoms with Crippen molar-refractivity contribution in [2.24, 2.45) is 40.4 Å². The first-order valence-corrected chi connectivity index (χ1v) is 12.8. The maximum atomic E-state index is 11.5. The van der Waals surface area contributed by atoms with E-state index in [2.05, 4.69) is 58.9 Å². The Hall–Kier alpha value is -1.31. The van der Waals surface area contributed by atoms with E-state index in [0.29, 0.717) is 16.7 Å². The van der Waals surface area contributed by atoms with Gasteiger partial charge in [-0.05, 0) is 99.2 Å². The molecule has 0 aromatic rings. The molecule has 172 valence electrons. The molecule has 2 heteroatoms. The van der Waals surface area contributed by atoms with Gasteiger partial charge in [0.15, 0.2) is 0 Å². The van der Waals surface area contributed by atoms with Crippen molar-refractivity contribution in [1.29, 1.82) is 0 Å². The minimum absolute atomic E-state index is 0.103. The second-order valence-corrected chi connectivity index (χ2v) is 11.9. The molecule has 0 heterocycles. The third kappa shape index (κ3) is 4.09. The Balaban J connectivity index is 1.52. The Bertz CT molecular complexity index is 785. The lowest BCUT2D eigenvalue weighted by atomic mass is 9.47. The van der Waals surface area contributed by atoms with Crippen molar-refractivity contribution >= 4 is 5.97 Å². The number of rotatable bonds is 4. The van der Waals surface area contributed by atoms with Gasteiger partial charge in [-0.3, -0.25) is 4.79 Å². The molecule has 0 amide bonds. The van der Waals surface area contributed by atoms with Crippen LogP contribution in [-0.4, -0.2) is 12.1 Å². The number of carbonyl (C=O) groups is 1. The third-order valence-electron chi connectivity index (χ3n) is 9.94. The van der Waals surface area contributed by atoms with Crippen LogP contribution in [0.4, 0.5) is 0 Å². The van der Waals surface area contributed by atoms with Gasteiger partial charge in [-0.15, -0.1) is 0 Å². The lowest BCUT2D eigenvalue weighted by Crippen LogP contribution is -2.51. The normalized spacial score (nSPS) is 42.8. The molecular formula is C29H44O2. The molecule has 0 aromatic carbocycles. The van der Waals surface area contributed by atoms with Gasteiger partial charge in [0, 0.05) is 13.3 Å². The second-order valence-electron chi connectivity index (χ2n) is 11.9. The first-order valence-electron chi connectivity index (χ1n) is 12.8. The van der Waals surface area contributed by atoms with Crippen LogP contribution in [0.5, 0.6) is 0 Å². The molecular weight excluding hydrogens is 380 g/mol. The maximum Gasteiger partial charge on any atom is 0.302 e. The van der Waals surface area contributed by atoms with Gasteiger partial charge in [-0.25, -0.2) is 0 Å². The molecule has 3 saturated carbocycles. The summed E-state index contributed by atoms with van der Waals surface area (Å²) in [5, 5.41) is 0. The Labute approximate surface area is 190 Å². The number of fused-ring (bicyclic) bond motifs is 5. The zero-order chi connectivity index (χ0) is 22.4. The molecule has 31 heavy (non-hydrogen) atoms. The third-order valence-corrected chi connectivity index (χ3v) is 9.94. The summed E-state index contributed by atoms with van der Waals surface area (Å²) >= 11 is 0. The predicted octanol–water partition coefficient (Wildman–Crippen LogP) is 7.66. The van der Waals surface area contributed by atoms with E-state index in [1.165, 1.54) is 44.1 Å². The zero-order valence-corrected chi connectivity index (χ0v) is 20.7. The molecule has 0 aliphatic heterocycles. The summed E-state index contributed by atoms with van der Waals surface area (Å²) in [6.45, 7) is 13.5.